The number of nitrogens with one attached hydrogen (secondary N) is 1. The van der Waals surface area contributed by atoms with E-state index in [1.165, 1.54) is 16.9 Å². The molecule has 0 radical (unpaired) electrons. The molecule has 1 aromatic carbocycles. The van der Waals surface area contributed by atoms with Gasteiger partial charge in [-0.3, -0.25) is 9.69 Å². The number of benzene rings is 1. The standard InChI is InChI=1S/C18H20N4O2S/c1-12-6-8-21(15-5-3-2-4-14(12)15)16(23)10-13-11-25-18(20-13)22-9-7-19-17(22)24/h2-5,11-12H,6-10H2,1H3,(H,19,24). The molecule has 1 N–H and O–H groups in total. The van der Waals surface area contributed by atoms with Crippen LogP contribution < -0.4 is 15.1 Å². The van der Waals surface area contributed by atoms with E-state index in [-0.39, 0.29) is 18.4 Å². The molecule has 6 nitrogen and oxygen atoms in total. The van der Waals surface area contributed by atoms with Gasteiger partial charge in [-0.15, -0.1) is 11.3 Å². The second kappa shape index (κ2) is 6.48. The average molecular weight is 356 g/mol. The molecule has 3 amide bonds. The molecule has 7 heteroatoms. The van der Waals surface area contributed by atoms with E-state index in [0.29, 0.717) is 24.1 Å². The number of urea groups is 1. The number of nitrogens with zero attached hydrogens (tertiary/aromatic N) is 3. The normalized spacial score (nSPS) is 19.7. The summed E-state index contributed by atoms with van der Waals surface area (Å²) in [4.78, 5) is 32.5. The van der Waals surface area contributed by atoms with Crippen molar-refractivity contribution in [2.24, 2.45) is 0 Å². The van der Waals surface area contributed by atoms with Crippen LogP contribution in [0.3, 0.4) is 0 Å². The lowest BCUT2D eigenvalue weighted by Gasteiger charge is -2.32. The Balaban J connectivity index is 1.50. The third-order valence-corrected chi connectivity index (χ3v) is 5.72. The van der Waals surface area contributed by atoms with Gasteiger partial charge in [0.15, 0.2) is 5.13 Å². The summed E-state index contributed by atoms with van der Waals surface area (Å²) >= 11 is 1.41. The number of anilines is 2. The number of fused-ring (bicyclic) bond motifs is 1. The van der Waals surface area contributed by atoms with Gasteiger partial charge in [0.2, 0.25) is 5.91 Å². The smallest absolute Gasteiger partial charge is 0.323 e. The minimum Gasteiger partial charge on any atom is -0.336 e. The fourth-order valence-corrected chi connectivity index (χ4v) is 4.26. The highest BCUT2D eigenvalue weighted by Crippen LogP contribution is 2.35. The van der Waals surface area contributed by atoms with E-state index >= 15 is 0 Å². The predicted octanol–water partition coefficient (Wildman–Crippen LogP) is 2.76. The van der Waals surface area contributed by atoms with Crippen molar-refractivity contribution in [3.05, 3.63) is 40.9 Å². The lowest BCUT2D eigenvalue weighted by atomic mass is 9.91. The molecule has 1 unspecified atom stereocenters. The number of para-hydroxylation sites is 1. The number of thiazole rings is 1. The molecular formula is C18H20N4O2S. The maximum Gasteiger partial charge on any atom is 0.323 e. The second-order valence-corrected chi connectivity index (χ2v) is 7.31. The number of carbonyl (C=O) groups excluding carboxylic acids is 2. The zero-order valence-electron chi connectivity index (χ0n) is 14.1. The molecule has 0 bridgehead atoms. The molecule has 2 aliphatic rings. The molecule has 1 atom stereocenters. The first-order valence-corrected chi connectivity index (χ1v) is 9.40. The summed E-state index contributed by atoms with van der Waals surface area (Å²) in [7, 11) is 0. The van der Waals surface area contributed by atoms with Gasteiger partial charge in [-0.25, -0.2) is 9.78 Å². The van der Waals surface area contributed by atoms with Gasteiger partial charge in [0.1, 0.15) is 0 Å². The first kappa shape index (κ1) is 16.1. The zero-order valence-corrected chi connectivity index (χ0v) is 14.9. The van der Waals surface area contributed by atoms with Gasteiger partial charge in [-0.05, 0) is 24.0 Å². The van der Waals surface area contributed by atoms with Crippen molar-refractivity contribution < 1.29 is 9.59 Å². The minimum absolute atomic E-state index is 0.0575. The van der Waals surface area contributed by atoms with E-state index < -0.39 is 0 Å². The van der Waals surface area contributed by atoms with Crippen molar-refractivity contribution in [3.63, 3.8) is 0 Å². The summed E-state index contributed by atoms with van der Waals surface area (Å²) in [5.74, 6) is 0.530. The number of hydrogen-bond acceptors (Lipinski definition) is 4. The summed E-state index contributed by atoms with van der Waals surface area (Å²) in [6, 6.07) is 8.00. The van der Waals surface area contributed by atoms with Crippen LogP contribution in [0.5, 0.6) is 0 Å². The zero-order chi connectivity index (χ0) is 17.4. The van der Waals surface area contributed by atoms with Crippen LogP contribution in [0.4, 0.5) is 15.6 Å². The fourth-order valence-electron chi connectivity index (χ4n) is 3.41. The summed E-state index contributed by atoms with van der Waals surface area (Å²) < 4.78 is 0. The molecule has 0 aliphatic carbocycles. The number of hydrogen-bond donors (Lipinski definition) is 1. The lowest BCUT2D eigenvalue weighted by molar-refractivity contribution is -0.118. The molecule has 0 spiro atoms. The summed E-state index contributed by atoms with van der Waals surface area (Å²) in [5.41, 5.74) is 2.97. The third-order valence-electron chi connectivity index (χ3n) is 4.80. The molecule has 1 saturated heterocycles. The first-order valence-electron chi connectivity index (χ1n) is 8.52. The Kier molecular flexibility index (Phi) is 4.17. The Morgan fingerprint density at radius 2 is 2.20 bits per heavy atom. The highest BCUT2D eigenvalue weighted by atomic mass is 32.1. The van der Waals surface area contributed by atoms with Crippen LogP contribution in [0.25, 0.3) is 0 Å². The monoisotopic (exact) mass is 356 g/mol. The topological polar surface area (TPSA) is 65.5 Å². The first-order chi connectivity index (χ1) is 12.1. The number of rotatable bonds is 3. The van der Waals surface area contributed by atoms with E-state index in [0.717, 1.165) is 24.3 Å². The van der Waals surface area contributed by atoms with Crippen LogP contribution in [0, 0.1) is 0 Å². The third kappa shape index (κ3) is 3.00. The van der Waals surface area contributed by atoms with Crippen molar-refractivity contribution in [2.75, 3.05) is 29.4 Å². The quantitative estimate of drug-likeness (QED) is 0.920. The molecule has 1 aromatic heterocycles. The molecule has 2 aliphatic heterocycles. The van der Waals surface area contributed by atoms with Crippen molar-refractivity contribution in [3.8, 4) is 0 Å². The van der Waals surface area contributed by atoms with Crippen LogP contribution in [-0.2, 0) is 11.2 Å². The van der Waals surface area contributed by atoms with E-state index in [9.17, 15) is 9.59 Å². The maximum atomic E-state index is 12.8. The largest absolute Gasteiger partial charge is 0.336 e. The lowest BCUT2D eigenvalue weighted by Crippen LogP contribution is -2.37. The van der Waals surface area contributed by atoms with E-state index in [1.807, 2.05) is 28.5 Å². The summed E-state index contributed by atoms with van der Waals surface area (Å²) in [6.07, 6.45) is 1.23. The van der Waals surface area contributed by atoms with E-state index in [4.69, 9.17) is 0 Å². The average Bonchev–Trinajstić information content (AvgIpc) is 3.24. The second-order valence-electron chi connectivity index (χ2n) is 6.48. The molecule has 4 rings (SSSR count). The molecule has 25 heavy (non-hydrogen) atoms. The van der Waals surface area contributed by atoms with Crippen molar-refractivity contribution >= 4 is 34.1 Å². The van der Waals surface area contributed by atoms with Gasteiger partial charge in [-0.2, -0.15) is 0 Å². The van der Waals surface area contributed by atoms with Gasteiger partial charge in [0.05, 0.1) is 12.1 Å². The Bertz CT molecular complexity index is 819. The number of amides is 3. The van der Waals surface area contributed by atoms with Crippen molar-refractivity contribution in [2.45, 2.75) is 25.7 Å². The van der Waals surface area contributed by atoms with Gasteiger partial charge in [0, 0.05) is 30.7 Å². The molecular weight excluding hydrogens is 336 g/mol. The molecule has 3 heterocycles. The van der Waals surface area contributed by atoms with Crippen LogP contribution in [0.1, 0.15) is 30.5 Å². The Morgan fingerprint density at radius 3 is 3.00 bits per heavy atom. The Hall–Kier alpha value is -2.41. The maximum absolute atomic E-state index is 12.8. The van der Waals surface area contributed by atoms with Crippen LogP contribution >= 0.6 is 11.3 Å². The number of carbonyl (C=O) groups is 2. The fraction of sp³-hybridized carbons (Fsp3) is 0.389. The van der Waals surface area contributed by atoms with Crippen LogP contribution in [0.2, 0.25) is 0 Å². The predicted molar refractivity (Wildman–Crippen MR) is 98.4 cm³/mol. The van der Waals surface area contributed by atoms with Crippen LogP contribution in [0.15, 0.2) is 29.6 Å². The molecule has 1 fully saturated rings. The van der Waals surface area contributed by atoms with Crippen molar-refractivity contribution in [1.82, 2.24) is 10.3 Å². The van der Waals surface area contributed by atoms with Crippen molar-refractivity contribution in [1.29, 1.82) is 0 Å². The molecule has 130 valence electrons. The molecule has 2 aromatic rings. The molecule has 0 saturated carbocycles. The summed E-state index contributed by atoms with van der Waals surface area (Å²) in [6.45, 7) is 4.20. The van der Waals surface area contributed by atoms with E-state index in [2.05, 4.69) is 23.3 Å². The van der Waals surface area contributed by atoms with Gasteiger partial charge in [0.25, 0.3) is 0 Å². The SMILES string of the molecule is CC1CCN(C(=O)Cc2csc(N3CCNC3=O)n2)c2ccccc21. The van der Waals surface area contributed by atoms with Gasteiger partial charge < -0.3 is 10.2 Å². The van der Waals surface area contributed by atoms with Gasteiger partial charge in [-0.1, -0.05) is 25.1 Å². The minimum atomic E-state index is -0.119. The summed E-state index contributed by atoms with van der Waals surface area (Å²) in [5, 5.41) is 5.29. The highest BCUT2D eigenvalue weighted by Gasteiger charge is 2.28. The Labute approximate surface area is 150 Å². The van der Waals surface area contributed by atoms with Gasteiger partial charge >= 0.3 is 6.03 Å². The van der Waals surface area contributed by atoms with Crippen LogP contribution in [-0.4, -0.2) is 36.6 Å². The number of aromatic nitrogens is 1. The highest BCUT2D eigenvalue weighted by molar-refractivity contribution is 7.14. The Morgan fingerprint density at radius 1 is 1.36 bits per heavy atom. The van der Waals surface area contributed by atoms with E-state index in [1.54, 1.807) is 4.90 Å².